The Morgan fingerprint density at radius 2 is 2.13 bits per heavy atom. The Balaban J connectivity index is 0.00000320. The molecule has 1 aromatic heterocycles. The van der Waals surface area contributed by atoms with Crippen molar-refractivity contribution < 1.29 is 4.74 Å². The third-order valence-corrected chi connectivity index (χ3v) is 6.44. The molecule has 0 spiro atoms. The highest BCUT2D eigenvalue weighted by Crippen LogP contribution is 2.21. The normalized spacial score (nSPS) is 15.3. The standard InChI is InChI=1S/C22H33N5OS.HI/c1-17(28-4)21-25-20(16-29-21)15-26(3)22(23-2)24-11-7-12-27-13-10-18-8-5-6-9-19(18)14-27;/h5-6,8-9,16-17H,7,10-15H2,1-4H3,(H,23,24);1H. The Labute approximate surface area is 201 Å². The minimum absolute atomic E-state index is 0. The van der Waals surface area contributed by atoms with Crippen LogP contribution in [0.25, 0.3) is 0 Å². The summed E-state index contributed by atoms with van der Waals surface area (Å²) in [5.74, 6) is 0.906. The number of thiazole rings is 1. The lowest BCUT2D eigenvalue weighted by Crippen LogP contribution is -2.40. The number of hydrogen-bond donors (Lipinski definition) is 1. The van der Waals surface area contributed by atoms with Crippen LogP contribution in [0.1, 0.15) is 41.3 Å². The predicted octanol–water partition coefficient (Wildman–Crippen LogP) is 3.92. The Kier molecular flexibility index (Phi) is 10.5. The molecule has 0 fully saturated rings. The van der Waals surface area contributed by atoms with Crippen LogP contribution in [0.4, 0.5) is 0 Å². The molecule has 6 nitrogen and oxygen atoms in total. The second-order valence-electron chi connectivity index (χ2n) is 7.53. The topological polar surface area (TPSA) is 53.0 Å². The lowest BCUT2D eigenvalue weighted by Gasteiger charge is -2.29. The molecule has 0 saturated carbocycles. The molecule has 0 radical (unpaired) electrons. The lowest BCUT2D eigenvalue weighted by atomic mass is 10.00. The van der Waals surface area contributed by atoms with Crippen LogP contribution in [0.15, 0.2) is 34.6 Å². The molecule has 1 aliphatic rings. The zero-order valence-corrected chi connectivity index (χ0v) is 21.6. The van der Waals surface area contributed by atoms with E-state index in [4.69, 9.17) is 4.74 Å². The van der Waals surface area contributed by atoms with Crippen LogP contribution in [-0.2, 0) is 24.2 Å². The van der Waals surface area contributed by atoms with Gasteiger partial charge in [-0.3, -0.25) is 9.89 Å². The van der Waals surface area contributed by atoms with E-state index in [0.29, 0.717) is 0 Å². The second-order valence-corrected chi connectivity index (χ2v) is 8.42. The molecule has 2 heterocycles. The van der Waals surface area contributed by atoms with Crippen LogP contribution in [0.5, 0.6) is 0 Å². The SMILES string of the molecule is CN=C(NCCCN1CCc2ccccc2C1)N(C)Cc1csc(C(C)OC)n1.I. The van der Waals surface area contributed by atoms with Gasteiger partial charge in [0.05, 0.1) is 12.2 Å². The Morgan fingerprint density at radius 1 is 1.37 bits per heavy atom. The van der Waals surface area contributed by atoms with Crippen molar-refractivity contribution in [3.63, 3.8) is 0 Å². The number of fused-ring (bicyclic) bond motifs is 1. The van der Waals surface area contributed by atoms with E-state index in [1.54, 1.807) is 18.4 Å². The van der Waals surface area contributed by atoms with E-state index in [9.17, 15) is 0 Å². The number of hydrogen-bond acceptors (Lipinski definition) is 5. The average Bonchev–Trinajstić information content (AvgIpc) is 3.21. The number of nitrogens with zero attached hydrogens (tertiary/aromatic N) is 4. The largest absolute Gasteiger partial charge is 0.375 e. The molecular formula is C22H34IN5OS. The van der Waals surface area contributed by atoms with Gasteiger partial charge in [-0.05, 0) is 30.9 Å². The summed E-state index contributed by atoms with van der Waals surface area (Å²) < 4.78 is 5.35. The Bertz CT molecular complexity index is 812. The monoisotopic (exact) mass is 543 g/mol. The smallest absolute Gasteiger partial charge is 0.193 e. The first-order valence-electron chi connectivity index (χ1n) is 10.3. The van der Waals surface area contributed by atoms with Crippen molar-refractivity contribution in [3.05, 3.63) is 51.5 Å². The predicted molar refractivity (Wildman–Crippen MR) is 136 cm³/mol. The van der Waals surface area contributed by atoms with Crippen molar-refractivity contribution in [1.82, 2.24) is 20.1 Å². The minimum Gasteiger partial charge on any atom is -0.375 e. The first-order chi connectivity index (χ1) is 14.1. The highest BCUT2D eigenvalue weighted by Gasteiger charge is 2.15. The number of aliphatic imine (C=N–C) groups is 1. The van der Waals surface area contributed by atoms with Gasteiger partial charge >= 0.3 is 0 Å². The minimum atomic E-state index is 0. The molecule has 8 heteroatoms. The van der Waals surface area contributed by atoms with Gasteiger partial charge in [-0.25, -0.2) is 4.98 Å². The zero-order chi connectivity index (χ0) is 20.6. The first kappa shape index (κ1) is 25.0. The van der Waals surface area contributed by atoms with Crippen LogP contribution < -0.4 is 5.32 Å². The maximum Gasteiger partial charge on any atom is 0.193 e. The Hall–Kier alpha value is -1.23. The molecule has 1 aromatic carbocycles. The maximum atomic E-state index is 5.35. The lowest BCUT2D eigenvalue weighted by molar-refractivity contribution is 0.119. The first-order valence-corrected chi connectivity index (χ1v) is 11.2. The van der Waals surface area contributed by atoms with Crippen molar-refractivity contribution in [2.24, 2.45) is 4.99 Å². The maximum absolute atomic E-state index is 5.35. The van der Waals surface area contributed by atoms with Crippen LogP contribution >= 0.6 is 35.3 Å². The number of rotatable bonds is 8. The molecule has 1 aliphatic heterocycles. The molecule has 1 atom stereocenters. The number of halogens is 1. The molecule has 0 amide bonds. The summed E-state index contributed by atoms with van der Waals surface area (Å²) in [5, 5.41) is 6.60. The van der Waals surface area contributed by atoms with Gasteiger partial charge in [0.25, 0.3) is 0 Å². The molecule has 166 valence electrons. The van der Waals surface area contributed by atoms with Crippen molar-refractivity contribution in [3.8, 4) is 0 Å². The molecule has 30 heavy (non-hydrogen) atoms. The van der Waals surface area contributed by atoms with Crippen LogP contribution in [0, 0.1) is 0 Å². The highest BCUT2D eigenvalue weighted by molar-refractivity contribution is 14.0. The van der Waals surface area contributed by atoms with Gasteiger partial charge in [-0.1, -0.05) is 24.3 Å². The van der Waals surface area contributed by atoms with E-state index < -0.39 is 0 Å². The molecule has 2 aromatic rings. The molecule has 3 rings (SSSR count). The summed E-state index contributed by atoms with van der Waals surface area (Å²) in [6.07, 6.45) is 2.30. The summed E-state index contributed by atoms with van der Waals surface area (Å²) in [4.78, 5) is 13.8. The third-order valence-electron chi connectivity index (χ3n) is 5.39. The van der Waals surface area contributed by atoms with Gasteiger partial charge < -0.3 is 15.0 Å². The fourth-order valence-electron chi connectivity index (χ4n) is 3.63. The fraction of sp³-hybridized carbons (Fsp3) is 0.545. The fourth-order valence-corrected chi connectivity index (χ4v) is 4.48. The van der Waals surface area contributed by atoms with Gasteiger partial charge in [0, 0.05) is 52.8 Å². The van der Waals surface area contributed by atoms with Crippen molar-refractivity contribution in [2.45, 2.75) is 39.0 Å². The van der Waals surface area contributed by atoms with Crippen molar-refractivity contribution in [2.75, 3.05) is 40.8 Å². The summed E-state index contributed by atoms with van der Waals surface area (Å²) >= 11 is 1.65. The van der Waals surface area contributed by atoms with Gasteiger partial charge in [0.15, 0.2) is 5.96 Å². The molecule has 1 unspecified atom stereocenters. The van der Waals surface area contributed by atoms with E-state index in [-0.39, 0.29) is 30.1 Å². The summed E-state index contributed by atoms with van der Waals surface area (Å²) in [6, 6.07) is 8.80. The summed E-state index contributed by atoms with van der Waals surface area (Å²) in [7, 11) is 5.60. The highest BCUT2D eigenvalue weighted by atomic mass is 127. The van der Waals surface area contributed by atoms with Gasteiger partial charge in [-0.2, -0.15) is 0 Å². The quantitative estimate of drug-likeness (QED) is 0.237. The number of aromatic nitrogens is 1. The van der Waals surface area contributed by atoms with Crippen LogP contribution in [-0.4, -0.2) is 61.6 Å². The van der Waals surface area contributed by atoms with Gasteiger partial charge in [0.2, 0.25) is 0 Å². The van der Waals surface area contributed by atoms with Crippen LogP contribution in [0.3, 0.4) is 0 Å². The van der Waals surface area contributed by atoms with E-state index in [1.807, 2.05) is 14.0 Å². The third kappa shape index (κ3) is 6.90. The summed E-state index contributed by atoms with van der Waals surface area (Å²) in [5.41, 5.74) is 4.04. The molecule has 1 N–H and O–H groups in total. The molecule has 0 bridgehead atoms. The van der Waals surface area contributed by atoms with Crippen molar-refractivity contribution in [1.29, 1.82) is 0 Å². The zero-order valence-electron chi connectivity index (χ0n) is 18.4. The second kappa shape index (κ2) is 12.6. The average molecular weight is 544 g/mol. The van der Waals surface area contributed by atoms with Gasteiger partial charge in [0.1, 0.15) is 11.1 Å². The summed E-state index contributed by atoms with van der Waals surface area (Å²) in [6.45, 7) is 6.99. The van der Waals surface area contributed by atoms with E-state index in [1.165, 1.54) is 11.1 Å². The number of guanidine groups is 1. The number of methoxy groups -OCH3 is 1. The number of benzene rings is 1. The van der Waals surface area contributed by atoms with E-state index in [0.717, 1.165) is 62.2 Å². The van der Waals surface area contributed by atoms with Crippen molar-refractivity contribution >= 4 is 41.3 Å². The number of nitrogens with one attached hydrogen (secondary N) is 1. The Morgan fingerprint density at radius 3 is 2.87 bits per heavy atom. The van der Waals surface area contributed by atoms with Gasteiger partial charge in [-0.15, -0.1) is 35.3 Å². The molecule has 0 saturated heterocycles. The van der Waals surface area contributed by atoms with Crippen LogP contribution in [0.2, 0.25) is 0 Å². The van der Waals surface area contributed by atoms with E-state index >= 15 is 0 Å². The van der Waals surface area contributed by atoms with E-state index in [2.05, 4.69) is 61.8 Å². The number of ether oxygens (including phenoxy) is 1. The molecule has 0 aliphatic carbocycles. The molecular weight excluding hydrogens is 509 g/mol.